The lowest BCUT2D eigenvalue weighted by Gasteiger charge is -2.39. The number of aromatic nitrogens is 3. The summed E-state index contributed by atoms with van der Waals surface area (Å²) in [5, 5.41) is 4.49. The van der Waals surface area contributed by atoms with E-state index in [0.717, 1.165) is 34.6 Å². The number of nitrogens with one attached hydrogen (secondary N) is 1. The SMILES string of the molecule is Cc1ccc2c(Nc3ncnc(N4CC5(C)CC4CC(C)(C)C5)c3N)cccc2n1. The number of hydrogen-bond acceptors (Lipinski definition) is 6. The molecule has 2 unspecified atom stereocenters. The first-order valence-electron chi connectivity index (χ1n) is 10.7. The third-order valence-electron chi connectivity index (χ3n) is 6.67. The topological polar surface area (TPSA) is 80.0 Å². The van der Waals surface area contributed by atoms with Crippen LogP contribution in [0.25, 0.3) is 10.9 Å². The van der Waals surface area contributed by atoms with Crippen LogP contribution in [-0.2, 0) is 0 Å². The number of nitrogen functional groups attached to an aromatic ring is 1. The van der Waals surface area contributed by atoms with Crippen molar-refractivity contribution in [1.82, 2.24) is 15.0 Å². The fourth-order valence-corrected chi connectivity index (χ4v) is 5.92. The molecule has 156 valence electrons. The maximum absolute atomic E-state index is 6.63. The zero-order valence-electron chi connectivity index (χ0n) is 18.2. The van der Waals surface area contributed by atoms with Gasteiger partial charge < -0.3 is 16.0 Å². The normalized spacial score (nSPS) is 24.9. The number of fused-ring (bicyclic) bond motifs is 3. The Morgan fingerprint density at radius 1 is 1.10 bits per heavy atom. The molecule has 3 aromatic rings. The quantitative estimate of drug-likeness (QED) is 0.637. The molecular weight excluding hydrogens is 372 g/mol. The molecule has 1 aliphatic carbocycles. The fourth-order valence-electron chi connectivity index (χ4n) is 5.92. The van der Waals surface area contributed by atoms with E-state index in [1.807, 2.05) is 31.2 Å². The minimum absolute atomic E-state index is 0.316. The number of anilines is 4. The number of rotatable bonds is 3. The molecule has 0 amide bonds. The Morgan fingerprint density at radius 3 is 2.77 bits per heavy atom. The van der Waals surface area contributed by atoms with E-state index in [4.69, 9.17) is 5.73 Å². The van der Waals surface area contributed by atoms with Gasteiger partial charge in [0, 0.05) is 29.4 Å². The van der Waals surface area contributed by atoms with E-state index in [2.05, 4.69) is 52.0 Å². The second-order valence-corrected chi connectivity index (χ2v) is 10.3. The molecular formula is C24H30N6. The minimum atomic E-state index is 0.316. The second kappa shape index (κ2) is 6.56. The first-order valence-corrected chi connectivity index (χ1v) is 10.7. The first kappa shape index (κ1) is 19.1. The molecule has 2 fully saturated rings. The van der Waals surface area contributed by atoms with Crippen LogP contribution in [0.4, 0.5) is 23.0 Å². The van der Waals surface area contributed by atoms with Crippen molar-refractivity contribution in [2.45, 2.75) is 53.0 Å². The van der Waals surface area contributed by atoms with Crippen molar-refractivity contribution in [2.24, 2.45) is 10.8 Å². The number of nitrogens with zero attached hydrogens (tertiary/aromatic N) is 4. The average molecular weight is 403 g/mol. The molecule has 0 spiro atoms. The van der Waals surface area contributed by atoms with Crippen LogP contribution in [0.2, 0.25) is 0 Å². The Morgan fingerprint density at radius 2 is 1.93 bits per heavy atom. The molecule has 2 bridgehead atoms. The summed E-state index contributed by atoms with van der Waals surface area (Å²) in [5.74, 6) is 1.51. The predicted octanol–water partition coefficient (Wildman–Crippen LogP) is 5.06. The molecule has 30 heavy (non-hydrogen) atoms. The van der Waals surface area contributed by atoms with Gasteiger partial charge in [0.05, 0.1) is 5.52 Å². The van der Waals surface area contributed by atoms with E-state index in [9.17, 15) is 0 Å². The lowest BCUT2D eigenvalue weighted by Crippen LogP contribution is -2.35. The van der Waals surface area contributed by atoms with Crippen LogP contribution in [-0.4, -0.2) is 27.5 Å². The van der Waals surface area contributed by atoms with Gasteiger partial charge in [0.1, 0.15) is 12.0 Å². The summed E-state index contributed by atoms with van der Waals surface area (Å²) >= 11 is 0. The van der Waals surface area contributed by atoms with Gasteiger partial charge in [-0.2, -0.15) is 0 Å². The molecule has 3 heterocycles. The van der Waals surface area contributed by atoms with Crippen LogP contribution in [0.1, 0.15) is 45.7 Å². The van der Waals surface area contributed by atoms with Gasteiger partial charge in [-0.25, -0.2) is 9.97 Å². The molecule has 6 nitrogen and oxygen atoms in total. The number of benzene rings is 1. The minimum Gasteiger partial charge on any atom is -0.393 e. The smallest absolute Gasteiger partial charge is 0.159 e. The van der Waals surface area contributed by atoms with Crippen molar-refractivity contribution >= 4 is 33.9 Å². The van der Waals surface area contributed by atoms with Gasteiger partial charge in [0.15, 0.2) is 11.6 Å². The molecule has 1 saturated carbocycles. The van der Waals surface area contributed by atoms with E-state index >= 15 is 0 Å². The van der Waals surface area contributed by atoms with Crippen LogP contribution < -0.4 is 16.0 Å². The lowest BCUT2D eigenvalue weighted by atomic mass is 9.65. The highest BCUT2D eigenvalue weighted by Gasteiger charge is 2.50. The van der Waals surface area contributed by atoms with Gasteiger partial charge in [0.25, 0.3) is 0 Å². The summed E-state index contributed by atoms with van der Waals surface area (Å²) in [7, 11) is 0. The maximum atomic E-state index is 6.63. The van der Waals surface area contributed by atoms with Crippen LogP contribution in [0.15, 0.2) is 36.7 Å². The largest absolute Gasteiger partial charge is 0.393 e. The maximum Gasteiger partial charge on any atom is 0.159 e. The highest BCUT2D eigenvalue weighted by Crippen LogP contribution is 2.54. The predicted molar refractivity (Wildman–Crippen MR) is 123 cm³/mol. The Hall–Kier alpha value is -2.89. The van der Waals surface area contributed by atoms with E-state index in [1.54, 1.807) is 6.33 Å². The van der Waals surface area contributed by atoms with Crippen LogP contribution in [0, 0.1) is 17.8 Å². The third kappa shape index (κ3) is 3.24. The van der Waals surface area contributed by atoms with Crippen molar-refractivity contribution in [3.8, 4) is 0 Å². The van der Waals surface area contributed by atoms with E-state index in [1.165, 1.54) is 19.3 Å². The highest BCUT2D eigenvalue weighted by molar-refractivity contribution is 5.94. The lowest BCUT2D eigenvalue weighted by molar-refractivity contribution is 0.136. The summed E-state index contributed by atoms with van der Waals surface area (Å²) in [6, 6.07) is 10.7. The fraction of sp³-hybridized carbons (Fsp3) is 0.458. The number of aryl methyl sites for hydroxylation is 1. The monoisotopic (exact) mass is 402 g/mol. The van der Waals surface area contributed by atoms with Gasteiger partial charge in [-0.1, -0.05) is 26.8 Å². The third-order valence-corrected chi connectivity index (χ3v) is 6.67. The molecule has 2 atom stereocenters. The van der Waals surface area contributed by atoms with Crippen LogP contribution in [0.5, 0.6) is 0 Å². The Kier molecular flexibility index (Phi) is 4.17. The van der Waals surface area contributed by atoms with Crippen molar-refractivity contribution in [1.29, 1.82) is 0 Å². The Balaban J connectivity index is 1.49. The van der Waals surface area contributed by atoms with Crippen LogP contribution >= 0.6 is 0 Å². The molecule has 0 radical (unpaired) electrons. The van der Waals surface area contributed by atoms with Gasteiger partial charge in [-0.15, -0.1) is 0 Å². The molecule has 2 aromatic heterocycles. The number of pyridine rings is 1. The summed E-state index contributed by atoms with van der Waals surface area (Å²) in [6.07, 6.45) is 5.24. The van der Waals surface area contributed by atoms with Gasteiger partial charge in [0.2, 0.25) is 0 Å². The zero-order chi connectivity index (χ0) is 21.1. The second-order valence-electron chi connectivity index (χ2n) is 10.3. The molecule has 6 heteroatoms. The first-order chi connectivity index (χ1) is 14.2. The van der Waals surface area contributed by atoms with E-state index < -0.39 is 0 Å². The summed E-state index contributed by atoms with van der Waals surface area (Å²) < 4.78 is 0. The van der Waals surface area contributed by atoms with Gasteiger partial charge >= 0.3 is 0 Å². The highest BCUT2D eigenvalue weighted by atomic mass is 15.3. The molecule has 1 saturated heterocycles. The van der Waals surface area contributed by atoms with Gasteiger partial charge in [-0.05, 0) is 61.3 Å². The molecule has 1 aromatic carbocycles. The summed E-state index contributed by atoms with van der Waals surface area (Å²) in [4.78, 5) is 16.1. The van der Waals surface area contributed by atoms with Crippen molar-refractivity contribution in [3.05, 3.63) is 42.4 Å². The van der Waals surface area contributed by atoms with Crippen molar-refractivity contribution < 1.29 is 0 Å². The van der Waals surface area contributed by atoms with E-state index in [0.29, 0.717) is 28.4 Å². The molecule has 5 rings (SSSR count). The molecule has 3 N–H and O–H groups in total. The van der Waals surface area contributed by atoms with E-state index in [-0.39, 0.29) is 0 Å². The summed E-state index contributed by atoms with van der Waals surface area (Å²) in [6.45, 7) is 10.2. The average Bonchev–Trinajstić information content (AvgIpc) is 2.92. The standard InChI is InChI=1S/C24H30N6/c1-15-8-9-17-18(28-15)6-5-7-19(17)29-21-20(25)22(27-14-26-21)30-13-24(4)11-16(30)10-23(2,3)12-24/h5-9,14,16H,10-13,25H2,1-4H3,(H,26,27,29). The van der Waals surface area contributed by atoms with Crippen molar-refractivity contribution in [3.63, 3.8) is 0 Å². The Bertz CT molecular complexity index is 1120. The zero-order valence-corrected chi connectivity index (χ0v) is 18.2. The Labute approximate surface area is 177 Å². The molecule has 2 aliphatic rings. The summed E-state index contributed by atoms with van der Waals surface area (Å²) in [5.41, 5.74) is 10.8. The van der Waals surface area contributed by atoms with Gasteiger partial charge in [-0.3, -0.25) is 4.98 Å². The van der Waals surface area contributed by atoms with Crippen LogP contribution in [0.3, 0.4) is 0 Å². The number of nitrogens with two attached hydrogens (primary N) is 1. The number of hydrogen-bond donors (Lipinski definition) is 2. The molecule has 1 aliphatic heterocycles. The van der Waals surface area contributed by atoms with Crippen molar-refractivity contribution in [2.75, 3.05) is 22.5 Å².